The quantitative estimate of drug-likeness (QED) is 0.0842. The summed E-state index contributed by atoms with van der Waals surface area (Å²) in [7, 11) is 0. The molecule has 0 saturated heterocycles. The summed E-state index contributed by atoms with van der Waals surface area (Å²) in [5.74, 6) is -1.04. The molecule has 0 atom stereocenters. The third-order valence-electron chi connectivity index (χ3n) is 17.4. The van der Waals surface area contributed by atoms with Crippen molar-refractivity contribution in [2.24, 2.45) is 0 Å². The number of hydrogen-bond donors (Lipinski definition) is 0. The lowest BCUT2D eigenvalue weighted by Crippen LogP contribution is -2.12. The van der Waals surface area contributed by atoms with E-state index >= 15 is 0 Å². The number of anilines is 12. The maximum Gasteiger partial charge on any atom is 0.123 e. The van der Waals surface area contributed by atoms with Gasteiger partial charge in [-0.25, -0.2) is 17.6 Å². The summed E-state index contributed by atoms with van der Waals surface area (Å²) in [5, 5.41) is 13.7. The first-order valence-electron chi connectivity index (χ1n) is 30.5. The zero-order valence-corrected chi connectivity index (χ0v) is 49.8. The maximum absolute atomic E-state index is 14.0. The van der Waals surface area contributed by atoms with Crippen LogP contribution in [-0.2, 0) is 0 Å². The van der Waals surface area contributed by atoms with Crippen LogP contribution in [0.3, 0.4) is 0 Å². The summed E-state index contributed by atoms with van der Waals surface area (Å²) in [5.41, 5.74) is 12.9. The van der Waals surface area contributed by atoms with Crippen LogP contribution in [0, 0.1) is 23.3 Å². The SMILES string of the molecule is CC(C)c1cc(N(c2ccccc2)c2ccccc2)c2ccc3ccc(N(c4ccccc4)c4ccccc4)c4ccc1c2c34.Fc1ccc(N(c2ccc(F)cc2)c2ccc3ccc4c(N(c5ccc(F)cc5)c5ccc(F)cc5)ccc5ccc2c3c54)cc1. The van der Waals surface area contributed by atoms with Crippen LogP contribution in [0.2, 0.25) is 0 Å². The number of para-hydroxylation sites is 4. The topological polar surface area (TPSA) is 13.0 Å². The summed E-state index contributed by atoms with van der Waals surface area (Å²) < 4.78 is 56.0. The molecule has 0 saturated carbocycles. The molecule has 0 fully saturated rings. The van der Waals surface area contributed by atoms with Gasteiger partial charge in [0, 0.05) is 67.0 Å². The summed E-state index contributed by atoms with van der Waals surface area (Å²) in [6, 6.07) is 101. The third-order valence-corrected chi connectivity index (χ3v) is 17.4. The fourth-order valence-electron chi connectivity index (χ4n) is 13.3. The summed E-state index contributed by atoms with van der Waals surface area (Å²) in [6.07, 6.45) is 0. The van der Waals surface area contributed by atoms with E-state index in [2.05, 4.69) is 224 Å². The smallest absolute Gasteiger partial charge is 0.123 e. The van der Waals surface area contributed by atoms with E-state index in [9.17, 15) is 17.6 Å². The van der Waals surface area contributed by atoms with Gasteiger partial charge in [0.15, 0.2) is 0 Å². The number of hydrogen-bond acceptors (Lipinski definition) is 4. The molecule has 0 aliphatic heterocycles. The van der Waals surface area contributed by atoms with E-state index in [0.717, 1.165) is 89.2 Å². The molecule has 0 aliphatic rings. The molecule has 0 unspecified atom stereocenters. The van der Waals surface area contributed by atoms with Gasteiger partial charge in [-0.15, -0.1) is 0 Å². The first kappa shape index (κ1) is 56.1. The van der Waals surface area contributed by atoms with E-state index in [4.69, 9.17) is 0 Å². The predicted molar refractivity (Wildman–Crippen MR) is 373 cm³/mol. The molecule has 16 aromatic carbocycles. The highest BCUT2D eigenvalue weighted by atomic mass is 19.1. The Morgan fingerprint density at radius 1 is 0.220 bits per heavy atom. The average Bonchev–Trinajstić information content (AvgIpc) is 0.732. The average molecular weight is 1190 g/mol. The van der Waals surface area contributed by atoms with Crippen LogP contribution in [-0.4, -0.2) is 0 Å². The second-order valence-corrected chi connectivity index (χ2v) is 23.2. The molecule has 0 bridgehead atoms. The predicted octanol–water partition coefficient (Wildman–Crippen LogP) is 24.7. The highest BCUT2D eigenvalue weighted by molar-refractivity contribution is 6.30. The Bertz CT molecular complexity index is 4890. The van der Waals surface area contributed by atoms with Crippen molar-refractivity contribution in [3.05, 3.63) is 338 Å². The van der Waals surface area contributed by atoms with Gasteiger partial charge in [0.05, 0.1) is 22.7 Å². The van der Waals surface area contributed by atoms with E-state index in [-0.39, 0.29) is 23.3 Å². The van der Waals surface area contributed by atoms with Crippen LogP contribution in [0.1, 0.15) is 25.3 Å². The molecule has 0 heterocycles. The Kier molecular flexibility index (Phi) is 14.5. The van der Waals surface area contributed by atoms with Crippen molar-refractivity contribution in [2.45, 2.75) is 19.8 Å². The van der Waals surface area contributed by atoms with Gasteiger partial charge in [-0.3, -0.25) is 0 Å². The van der Waals surface area contributed by atoms with Crippen molar-refractivity contribution in [1.29, 1.82) is 0 Å². The molecular weight excluding hydrogens is 1130 g/mol. The lowest BCUT2D eigenvalue weighted by atomic mass is 9.86. The Balaban J connectivity index is 0.000000151. The normalized spacial score (nSPS) is 11.5. The standard InChI is InChI=1S/C43H34N2.C40H24F4N2/c1-30(2)39-29-41(45(34-19-11-5-12-20-34)35-21-13-6-14-22-35)38-25-23-31-24-28-40(37-27-26-36(39)43(38)42(31)37)44(32-15-7-3-8-16-32)33-17-9-4-10-18-33;41-27-5-13-31(14-6-27)45(32-15-7-28(42)8-16-32)37-24-4-26-2-22-36-38(23-3-25-1-21-35(37)40(26)39(25)36)46(33-17-9-29(43)10-18-33)34-19-11-30(44)12-20-34/h3-30H,1-2H3;1-24H. The molecule has 0 radical (unpaired) electrons. The Labute approximate surface area is 525 Å². The first-order chi connectivity index (χ1) is 44.6. The van der Waals surface area contributed by atoms with Crippen molar-refractivity contribution < 1.29 is 17.6 Å². The Hall–Kier alpha value is -11.5. The van der Waals surface area contributed by atoms with Crippen LogP contribution in [0.25, 0.3) is 64.6 Å². The maximum atomic E-state index is 14.0. The van der Waals surface area contributed by atoms with Crippen molar-refractivity contribution in [1.82, 2.24) is 0 Å². The molecule has 0 N–H and O–H groups in total. The number of benzene rings is 16. The molecule has 0 amide bonds. The second-order valence-electron chi connectivity index (χ2n) is 23.2. The van der Waals surface area contributed by atoms with E-state index in [1.165, 1.54) is 97.8 Å². The van der Waals surface area contributed by atoms with Gasteiger partial charge in [-0.05, 0) is 224 Å². The van der Waals surface area contributed by atoms with Gasteiger partial charge in [0.2, 0.25) is 0 Å². The molecule has 8 heteroatoms. The minimum absolute atomic E-state index is 0.349. The van der Waals surface area contributed by atoms with Crippen molar-refractivity contribution in [2.75, 3.05) is 19.6 Å². The molecule has 0 spiro atoms. The van der Waals surface area contributed by atoms with Crippen LogP contribution >= 0.6 is 0 Å². The van der Waals surface area contributed by atoms with Gasteiger partial charge in [-0.1, -0.05) is 153 Å². The molecule has 16 rings (SSSR count). The lowest BCUT2D eigenvalue weighted by Gasteiger charge is -2.30. The molecule has 4 nitrogen and oxygen atoms in total. The molecular formula is C83H58F4N4. The zero-order valence-electron chi connectivity index (χ0n) is 49.8. The number of halogens is 4. The summed E-state index contributed by atoms with van der Waals surface area (Å²) in [4.78, 5) is 8.79. The minimum Gasteiger partial charge on any atom is -0.310 e. The van der Waals surface area contributed by atoms with Crippen molar-refractivity contribution in [3.8, 4) is 0 Å². The molecule has 0 aromatic heterocycles. The molecule has 438 valence electrons. The fraction of sp³-hybridized carbons (Fsp3) is 0.0361. The number of nitrogens with zero attached hydrogens (tertiary/aromatic N) is 4. The first-order valence-corrected chi connectivity index (χ1v) is 30.5. The Morgan fingerprint density at radius 3 is 0.747 bits per heavy atom. The largest absolute Gasteiger partial charge is 0.310 e. The van der Waals surface area contributed by atoms with Crippen LogP contribution in [0.15, 0.2) is 309 Å². The molecule has 16 aromatic rings. The monoisotopic (exact) mass is 1190 g/mol. The summed E-state index contributed by atoms with van der Waals surface area (Å²) in [6.45, 7) is 4.62. The molecule has 91 heavy (non-hydrogen) atoms. The van der Waals surface area contributed by atoms with Crippen molar-refractivity contribution in [3.63, 3.8) is 0 Å². The van der Waals surface area contributed by atoms with E-state index in [0.29, 0.717) is 5.92 Å². The molecule has 0 aliphatic carbocycles. The number of rotatable bonds is 13. The Morgan fingerprint density at radius 2 is 0.451 bits per heavy atom. The van der Waals surface area contributed by atoms with Crippen molar-refractivity contribution >= 4 is 133 Å². The zero-order chi connectivity index (χ0) is 61.7. The third kappa shape index (κ3) is 10.3. The minimum atomic E-state index is -0.349. The van der Waals surface area contributed by atoms with Crippen LogP contribution < -0.4 is 19.6 Å². The highest BCUT2D eigenvalue weighted by Gasteiger charge is 2.26. The highest BCUT2D eigenvalue weighted by Crippen LogP contribution is 2.51. The van der Waals surface area contributed by atoms with Gasteiger partial charge in [-0.2, -0.15) is 0 Å². The van der Waals surface area contributed by atoms with Gasteiger partial charge in [0.25, 0.3) is 0 Å². The van der Waals surface area contributed by atoms with Gasteiger partial charge in [0.1, 0.15) is 23.3 Å². The lowest BCUT2D eigenvalue weighted by molar-refractivity contribution is 0.627. The van der Waals surface area contributed by atoms with Gasteiger partial charge >= 0.3 is 0 Å². The summed E-state index contributed by atoms with van der Waals surface area (Å²) >= 11 is 0. The second kappa shape index (κ2) is 23.6. The van der Waals surface area contributed by atoms with Gasteiger partial charge < -0.3 is 19.6 Å². The van der Waals surface area contributed by atoms with E-state index in [1.54, 1.807) is 48.5 Å². The van der Waals surface area contributed by atoms with Crippen LogP contribution in [0.4, 0.5) is 85.8 Å². The van der Waals surface area contributed by atoms with Crippen LogP contribution in [0.5, 0.6) is 0 Å². The fourth-order valence-corrected chi connectivity index (χ4v) is 13.3. The van der Waals surface area contributed by atoms with E-state index < -0.39 is 0 Å². The van der Waals surface area contributed by atoms with E-state index in [1.807, 2.05) is 21.9 Å².